The summed E-state index contributed by atoms with van der Waals surface area (Å²) in [5, 5.41) is 16.6. The Morgan fingerprint density at radius 1 is 1.24 bits per heavy atom. The first-order chi connectivity index (χ1) is 13.2. The van der Waals surface area contributed by atoms with Crippen LogP contribution in [0.1, 0.15) is 32.4 Å². The topological polar surface area (TPSA) is 173 Å². The Morgan fingerprint density at radius 3 is 2.28 bits per heavy atom. The third kappa shape index (κ3) is 3.39. The fraction of sp³-hybridized carbons (Fsp3) is 0.471. The fourth-order valence-corrected chi connectivity index (χ4v) is 5.85. The van der Waals surface area contributed by atoms with Gasteiger partial charge in [-0.3, -0.25) is 9.59 Å². The van der Waals surface area contributed by atoms with Crippen molar-refractivity contribution in [3.63, 3.8) is 0 Å². The molecule has 0 bridgehead atoms. The van der Waals surface area contributed by atoms with Crippen LogP contribution in [0.2, 0.25) is 0 Å². The quantitative estimate of drug-likeness (QED) is 0.436. The average Bonchev–Trinajstić information content (AvgIpc) is 2.89. The zero-order valence-corrected chi connectivity index (χ0v) is 17.6. The highest BCUT2D eigenvalue weighted by atomic mass is 32.2. The number of sulfonamides is 1. The van der Waals surface area contributed by atoms with Crippen molar-refractivity contribution in [3.05, 3.63) is 29.8 Å². The molecule has 0 spiro atoms. The molecule has 2 amide bonds. The number of aliphatic carboxylic acids is 1. The highest BCUT2D eigenvalue weighted by Crippen LogP contribution is 2.54. The van der Waals surface area contributed by atoms with Crippen LogP contribution in [-0.4, -0.2) is 57.9 Å². The zero-order valence-electron chi connectivity index (χ0n) is 15.9. The molecule has 2 aliphatic heterocycles. The van der Waals surface area contributed by atoms with Crippen molar-refractivity contribution < 1.29 is 27.9 Å². The summed E-state index contributed by atoms with van der Waals surface area (Å²) in [4.78, 5) is 38.2. The van der Waals surface area contributed by atoms with E-state index in [0.29, 0.717) is 5.56 Å². The summed E-state index contributed by atoms with van der Waals surface area (Å²) in [6.45, 7) is 5.02. The van der Waals surface area contributed by atoms with Gasteiger partial charge in [0.05, 0.1) is 4.90 Å². The molecule has 1 aromatic rings. The Morgan fingerprint density at radius 2 is 1.79 bits per heavy atom. The minimum atomic E-state index is -3.87. The summed E-state index contributed by atoms with van der Waals surface area (Å²) in [6, 6.07) is 3.07. The minimum absolute atomic E-state index is 0.116. The zero-order chi connectivity index (χ0) is 21.9. The Hall–Kier alpha value is -2.15. The second-order valence-electron chi connectivity index (χ2n) is 7.81. The first-order valence-electron chi connectivity index (χ1n) is 8.64. The van der Waals surface area contributed by atoms with Gasteiger partial charge in [0.2, 0.25) is 15.9 Å². The first kappa shape index (κ1) is 21.6. The lowest BCUT2D eigenvalue weighted by atomic mass is 9.85. The largest absolute Gasteiger partial charge is 0.480 e. The third-order valence-corrected chi connectivity index (χ3v) is 7.93. The number of β-lactam (4-membered cyclic amide) rings is 1. The smallest absolute Gasteiger partial charge is 0.327 e. The maximum atomic E-state index is 12.7. The normalized spacial score (nSPS) is 29.0. The van der Waals surface area contributed by atoms with Gasteiger partial charge >= 0.3 is 5.97 Å². The number of nitrogens with zero attached hydrogens (tertiary/aromatic N) is 1. The molecule has 2 heterocycles. The number of carbonyl (C=O) groups is 3. The summed E-state index contributed by atoms with van der Waals surface area (Å²) < 4.78 is 21.9. The molecule has 29 heavy (non-hydrogen) atoms. The van der Waals surface area contributed by atoms with Crippen LogP contribution in [-0.2, 0) is 24.4 Å². The van der Waals surface area contributed by atoms with Crippen molar-refractivity contribution in [1.82, 2.24) is 10.2 Å². The molecular weight excluding hydrogens is 420 g/mol. The molecule has 0 saturated carbocycles. The SMILES string of the molecule is CC1(C)S[C@H]2N(C(=O)[C@]2(C)NC(=O)C(N)c2ccc(S(N)(=O)=O)cc2)[C@H]1C(=O)O. The van der Waals surface area contributed by atoms with E-state index in [9.17, 15) is 27.9 Å². The van der Waals surface area contributed by atoms with Crippen LogP contribution in [0.4, 0.5) is 0 Å². The molecule has 2 saturated heterocycles. The number of hydrogen-bond acceptors (Lipinski definition) is 7. The molecule has 6 N–H and O–H groups in total. The third-order valence-electron chi connectivity index (χ3n) is 5.24. The summed E-state index contributed by atoms with van der Waals surface area (Å²) in [6.07, 6.45) is 0. The minimum Gasteiger partial charge on any atom is -0.480 e. The maximum absolute atomic E-state index is 12.7. The van der Waals surface area contributed by atoms with E-state index in [2.05, 4.69) is 5.32 Å². The van der Waals surface area contributed by atoms with E-state index >= 15 is 0 Å². The molecule has 1 unspecified atom stereocenters. The van der Waals surface area contributed by atoms with E-state index in [-0.39, 0.29) is 4.90 Å². The van der Waals surface area contributed by atoms with E-state index in [4.69, 9.17) is 10.9 Å². The summed E-state index contributed by atoms with van der Waals surface area (Å²) in [5.41, 5.74) is 5.02. The lowest BCUT2D eigenvalue weighted by Gasteiger charge is -2.51. The van der Waals surface area contributed by atoms with Gasteiger partial charge in [0, 0.05) is 4.75 Å². The molecule has 0 radical (unpaired) electrons. The molecule has 2 aliphatic rings. The van der Waals surface area contributed by atoms with E-state index in [1.165, 1.54) is 40.9 Å². The highest BCUT2D eigenvalue weighted by molar-refractivity contribution is 8.01. The van der Waals surface area contributed by atoms with Crippen molar-refractivity contribution in [3.8, 4) is 0 Å². The first-order valence-corrected chi connectivity index (χ1v) is 11.1. The van der Waals surface area contributed by atoms with Gasteiger partial charge in [-0.05, 0) is 38.5 Å². The fourth-order valence-electron chi connectivity index (χ4n) is 3.69. The predicted octanol–water partition coefficient (Wildman–Crippen LogP) is -0.644. The number of carbonyl (C=O) groups excluding carboxylic acids is 2. The lowest BCUT2D eigenvalue weighted by molar-refractivity contribution is -0.168. The number of nitrogens with one attached hydrogen (secondary N) is 1. The van der Waals surface area contributed by atoms with Crippen molar-refractivity contribution in [2.75, 3.05) is 0 Å². The van der Waals surface area contributed by atoms with Crippen molar-refractivity contribution in [1.29, 1.82) is 0 Å². The molecule has 2 fully saturated rings. The number of primary sulfonamides is 1. The van der Waals surface area contributed by atoms with Gasteiger partial charge in [-0.15, -0.1) is 11.8 Å². The molecular formula is C17H22N4O6S2. The number of fused-ring (bicyclic) bond motifs is 1. The number of amides is 2. The van der Waals surface area contributed by atoms with Crippen LogP contribution < -0.4 is 16.2 Å². The Balaban J connectivity index is 1.77. The Bertz CT molecular complexity index is 994. The Labute approximate surface area is 172 Å². The summed E-state index contributed by atoms with van der Waals surface area (Å²) in [7, 11) is -3.87. The van der Waals surface area contributed by atoms with Crippen LogP contribution in [0.25, 0.3) is 0 Å². The molecule has 4 atom stereocenters. The van der Waals surface area contributed by atoms with E-state index in [1.54, 1.807) is 20.8 Å². The van der Waals surface area contributed by atoms with Gasteiger partial charge in [0.1, 0.15) is 23.0 Å². The van der Waals surface area contributed by atoms with Crippen LogP contribution in [0.15, 0.2) is 29.2 Å². The molecule has 158 valence electrons. The summed E-state index contributed by atoms with van der Waals surface area (Å²) in [5.74, 6) is -2.22. The second kappa shape index (κ2) is 6.69. The molecule has 3 rings (SSSR count). The van der Waals surface area contributed by atoms with Gasteiger partial charge < -0.3 is 21.1 Å². The van der Waals surface area contributed by atoms with Gasteiger partial charge in [-0.1, -0.05) is 12.1 Å². The second-order valence-corrected chi connectivity index (χ2v) is 11.1. The lowest BCUT2D eigenvalue weighted by Crippen LogP contribution is -2.78. The number of nitrogens with two attached hydrogens (primary N) is 2. The number of hydrogen-bond donors (Lipinski definition) is 4. The van der Waals surface area contributed by atoms with E-state index in [1.807, 2.05) is 0 Å². The van der Waals surface area contributed by atoms with Gasteiger partial charge in [0.25, 0.3) is 5.91 Å². The number of thioether (sulfide) groups is 1. The van der Waals surface area contributed by atoms with Gasteiger partial charge in [-0.25, -0.2) is 18.4 Å². The number of rotatable bonds is 5. The van der Waals surface area contributed by atoms with Crippen LogP contribution in [0.5, 0.6) is 0 Å². The van der Waals surface area contributed by atoms with Crippen molar-refractivity contribution >= 4 is 39.6 Å². The van der Waals surface area contributed by atoms with Gasteiger partial charge in [-0.2, -0.15) is 0 Å². The van der Waals surface area contributed by atoms with Crippen molar-refractivity contribution in [2.45, 2.75) is 53.4 Å². The van der Waals surface area contributed by atoms with Crippen LogP contribution in [0.3, 0.4) is 0 Å². The monoisotopic (exact) mass is 442 g/mol. The molecule has 1 aromatic carbocycles. The highest BCUT2D eigenvalue weighted by Gasteiger charge is 2.70. The maximum Gasteiger partial charge on any atom is 0.327 e. The van der Waals surface area contributed by atoms with E-state index in [0.717, 1.165) is 0 Å². The van der Waals surface area contributed by atoms with Crippen molar-refractivity contribution in [2.24, 2.45) is 10.9 Å². The molecule has 12 heteroatoms. The summed E-state index contributed by atoms with van der Waals surface area (Å²) >= 11 is 1.31. The number of carboxylic acid groups (broad SMARTS) is 1. The molecule has 0 aliphatic carbocycles. The number of carboxylic acids is 1. The Kier molecular flexibility index (Phi) is 4.97. The molecule has 0 aromatic heterocycles. The van der Waals surface area contributed by atoms with Crippen LogP contribution >= 0.6 is 11.8 Å². The number of benzene rings is 1. The van der Waals surface area contributed by atoms with Gasteiger partial charge in [0.15, 0.2) is 0 Å². The standard InChI is InChI=1S/C17H22N4O6S2/c1-16(2)11(13(23)24)21-14(25)17(3,15(21)28-16)20-12(22)10(18)8-4-6-9(7-5-8)29(19,26)27/h4-7,10-11,15H,18H2,1-3H3,(H,20,22)(H,23,24)(H2,19,26,27)/t10?,11-,15+,17-/m0/s1. The van der Waals surface area contributed by atoms with E-state index < -0.39 is 55.6 Å². The predicted molar refractivity (Wildman–Crippen MR) is 105 cm³/mol. The average molecular weight is 443 g/mol. The van der Waals surface area contributed by atoms with Crippen LogP contribution in [0, 0.1) is 0 Å². The molecule has 10 nitrogen and oxygen atoms in total.